The molecule has 1 aliphatic rings. The highest BCUT2D eigenvalue weighted by Gasteiger charge is 2.30. The molecule has 0 unspecified atom stereocenters. The first-order chi connectivity index (χ1) is 11.6. The molecular weight excluding hydrogens is 300 g/mol. The van der Waals surface area contributed by atoms with Crippen LogP contribution >= 0.6 is 0 Å². The van der Waals surface area contributed by atoms with Gasteiger partial charge in [0.1, 0.15) is 5.82 Å². The lowest BCUT2D eigenvalue weighted by Crippen LogP contribution is -2.16. The number of rotatable bonds is 2. The number of nitrogens with one attached hydrogen (secondary N) is 1. The largest absolute Gasteiger partial charge is 0.307 e. The molecule has 0 saturated heterocycles. The van der Waals surface area contributed by atoms with E-state index in [1.165, 1.54) is 0 Å². The molecule has 4 heteroatoms. The van der Waals surface area contributed by atoms with Gasteiger partial charge in [-0.05, 0) is 36.2 Å². The van der Waals surface area contributed by atoms with Gasteiger partial charge in [-0.1, -0.05) is 42.5 Å². The summed E-state index contributed by atoms with van der Waals surface area (Å²) in [5.41, 5.74) is 3.97. The van der Waals surface area contributed by atoms with Gasteiger partial charge in [-0.15, -0.1) is 0 Å². The molecule has 116 valence electrons. The minimum Gasteiger partial charge on any atom is -0.307 e. The van der Waals surface area contributed by atoms with Gasteiger partial charge in [0.25, 0.3) is 5.91 Å². The maximum absolute atomic E-state index is 12.7. The first-order valence-corrected chi connectivity index (χ1v) is 7.67. The van der Waals surface area contributed by atoms with Crippen LogP contribution in [0, 0.1) is 6.92 Å². The van der Waals surface area contributed by atoms with E-state index in [1.54, 1.807) is 24.3 Å². The summed E-state index contributed by atoms with van der Waals surface area (Å²) in [5, 5.41) is 2.77. The van der Waals surface area contributed by atoms with Crippen LogP contribution in [-0.4, -0.2) is 16.7 Å². The van der Waals surface area contributed by atoms with Crippen molar-refractivity contribution in [2.24, 2.45) is 0 Å². The zero-order chi connectivity index (χ0) is 16.7. The summed E-state index contributed by atoms with van der Waals surface area (Å²) in [5.74, 6) is 0.0372. The van der Waals surface area contributed by atoms with Crippen LogP contribution in [0.5, 0.6) is 0 Å². The number of carbonyl (C=O) groups is 2. The number of fused-ring (bicyclic) bond motifs is 3. The van der Waals surface area contributed by atoms with E-state index in [2.05, 4.69) is 10.3 Å². The van der Waals surface area contributed by atoms with Gasteiger partial charge in [0.2, 0.25) is 0 Å². The fourth-order valence-electron chi connectivity index (χ4n) is 3.06. The third-order valence-corrected chi connectivity index (χ3v) is 4.13. The molecule has 4 nitrogen and oxygen atoms in total. The van der Waals surface area contributed by atoms with E-state index in [1.807, 2.05) is 43.3 Å². The number of carbonyl (C=O) groups excluding carboxylic acids is 2. The van der Waals surface area contributed by atoms with E-state index in [-0.39, 0.29) is 11.7 Å². The Labute approximate surface area is 139 Å². The van der Waals surface area contributed by atoms with Crippen LogP contribution in [0.2, 0.25) is 0 Å². The van der Waals surface area contributed by atoms with Crippen molar-refractivity contribution in [3.05, 3.63) is 83.0 Å². The molecule has 0 radical (unpaired) electrons. The minimum atomic E-state index is -0.328. The van der Waals surface area contributed by atoms with Crippen molar-refractivity contribution in [3.8, 4) is 11.1 Å². The van der Waals surface area contributed by atoms with Crippen molar-refractivity contribution in [1.82, 2.24) is 4.98 Å². The molecule has 4 rings (SSSR count). The smallest absolute Gasteiger partial charge is 0.257 e. The molecule has 1 aromatic heterocycles. The highest BCUT2D eigenvalue weighted by Crippen LogP contribution is 2.38. The van der Waals surface area contributed by atoms with E-state index in [0.717, 1.165) is 16.8 Å². The normalized spacial score (nSPS) is 11.8. The molecule has 0 aliphatic heterocycles. The van der Waals surface area contributed by atoms with E-state index in [0.29, 0.717) is 22.5 Å². The number of ketones is 1. The maximum Gasteiger partial charge on any atom is 0.257 e. The average molecular weight is 314 g/mol. The molecule has 0 atom stereocenters. The van der Waals surface area contributed by atoms with Gasteiger partial charge in [-0.25, -0.2) is 4.98 Å². The molecule has 1 aliphatic carbocycles. The number of anilines is 1. The lowest BCUT2D eigenvalue weighted by molar-refractivity contribution is 0.0998. The van der Waals surface area contributed by atoms with E-state index >= 15 is 0 Å². The van der Waals surface area contributed by atoms with Crippen LogP contribution < -0.4 is 5.32 Å². The Bertz CT molecular complexity index is 992. The van der Waals surface area contributed by atoms with Crippen LogP contribution in [0.15, 0.2) is 60.7 Å². The predicted octanol–water partition coefficient (Wildman–Crippen LogP) is 3.85. The fraction of sp³-hybridized carbons (Fsp3) is 0.0500. The Morgan fingerprint density at radius 3 is 2.38 bits per heavy atom. The number of nitrogens with zero attached hydrogens (tertiary/aromatic N) is 1. The molecule has 2 aromatic carbocycles. The Morgan fingerprint density at radius 1 is 0.875 bits per heavy atom. The van der Waals surface area contributed by atoms with Gasteiger partial charge < -0.3 is 5.32 Å². The fourth-order valence-corrected chi connectivity index (χ4v) is 3.06. The minimum absolute atomic E-state index is 0.108. The second kappa shape index (κ2) is 5.42. The molecule has 0 saturated carbocycles. The van der Waals surface area contributed by atoms with Gasteiger partial charge in [0.05, 0.1) is 5.56 Å². The standard InChI is InChI=1S/C20H14N2O2/c1-12-6-4-11-17(21-12)22-20(24)16-10-5-9-14-13-7-2-3-8-15(13)19(23)18(14)16/h2-11H,1H3,(H,21,22,24). The van der Waals surface area contributed by atoms with Crippen molar-refractivity contribution in [2.75, 3.05) is 5.32 Å². The highest BCUT2D eigenvalue weighted by molar-refractivity contribution is 6.26. The number of aromatic nitrogens is 1. The Balaban J connectivity index is 1.76. The SMILES string of the molecule is Cc1cccc(NC(=O)c2cccc3c2C(=O)c2ccccc2-3)n1. The highest BCUT2D eigenvalue weighted by atomic mass is 16.2. The number of pyridine rings is 1. The Hall–Kier alpha value is -3.27. The Kier molecular flexibility index (Phi) is 3.24. The third kappa shape index (κ3) is 2.20. The lowest BCUT2D eigenvalue weighted by atomic mass is 10.0. The number of benzene rings is 2. The van der Waals surface area contributed by atoms with Crippen LogP contribution in [0.4, 0.5) is 5.82 Å². The lowest BCUT2D eigenvalue weighted by Gasteiger charge is -2.08. The van der Waals surface area contributed by atoms with Crippen molar-refractivity contribution in [2.45, 2.75) is 6.92 Å². The van der Waals surface area contributed by atoms with Crippen molar-refractivity contribution < 1.29 is 9.59 Å². The second-order valence-corrected chi connectivity index (χ2v) is 5.72. The Morgan fingerprint density at radius 2 is 1.58 bits per heavy atom. The van der Waals surface area contributed by atoms with Crippen LogP contribution in [-0.2, 0) is 0 Å². The molecule has 0 bridgehead atoms. The molecule has 1 amide bonds. The molecule has 24 heavy (non-hydrogen) atoms. The second-order valence-electron chi connectivity index (χ2n) is 5.72. The van der Waals surface area contributed by atoms with Crippen molar-refractivity contribution >= 4 is 17.5 Å². The maximum atomic E-state index is 12.7. The van der Waals surface area contributed by atoms with Gasteiger partial charge in [0, 0.05) is 16.8 Å². The summed E-state index contributed by atoms with van der Waals surface area (Å²) in [6.07, 6.45) is 0. The average Bonchev–Trinajstić information content (AvgIpc) is 2.88. The summed E-state index contributed by atoms with van der Waals surface area (Å²) in [7, 11) is 0. The molecule has 0 spiro atoms. The molecule has 3 aromatic rings. The summed E-state index contributed by atoms with van der Waals surface area (Å²) in [4.78, 5) is 29.7. The first kappa shape index (κ1) is 14.3. The summed E-state index contributed by atoms with van der Waals surface area (Å²) < 4.78 is 0. The number of hydrogen-bond donors (Lipinski definition) is 1. The summed E-state index contributed by atoms with van der Waals surface area (Å²) in [6, 6.07) is 18.2. The zero-order valence-electron chi connectivity index (χ0n) is 13.0. The molecular formula is C20H14N2O2. The van der Waals surface area contributed by atoms with Gasteiger partial charge in [0.15, 0.2) is 5.78 Å². The zero-order valence-corrected chi connectivity index (χ0v) is 13.0. The number of aryl methyl sites for hydroxylation is 1. The quantitative estimate of drug-likeness (QED) is 0.611. The topological polar surface area (TPSA) is 59.1 Å². The van der Waals surface area contributed by atoms with Gasteiger partial charge in [-0.3, -0.25) is 9.59 Å². The van der Waals surface area contributed by atoms with Crippen LogP contribution in [0.1, 0.15) is 32.0 Å². The van der Waals surface area contributed by atoms with Gasteiger partial charge >= 0.3 is 0 Å². The summed E-state index contributed by atoms with van der Waals surface area (Å²) in [6.45, 7) is 1.86. The first-order valence-electron chi connectivity index (χ1n) is 7.67. The molecule has 1 N–H and O–H groups in total. The number of amides is 1. The molecule has 1 heterocycles. The van der Waals surface area contributed by atoms with Crippen molar-refractivity contribution in [1.29, 1.82) is 0 Å². The predicted molar refractivity (Wildman–Crippen MR) is 92.2 cm³/mol. The van der Waals surface area contributed by atoms with E-state index in [4.69, 9.17) is 0 Å². The molecule has 0 fully saturated rings. The van der Waals surface area contributed by atoms with Gasteiger partial charge in [-0.2, -0.15) is 0 Å². The van der Waals surface area contributed by atoms with E-state index < -0.39 is 0 Å². The third-order valence-electron chi connectivity index (χ3n) is 4.13. The van der Waals surface area contributed by atoms with Crippen LogP contribution in [0.25, 0.3) is 11.1 Å². The monoisotopic (exact) mass is 314 g/mol. The number of hydrogen-bond acceptors (Lipinski definition) is 3. The summed E-state index contributed by atoms with van der Waals surface area (Å²) >= 11 is 0. The van der Waals surface area contributed by atoms with Crippen molar-refractivity contribution in [3.63, 3.8) is 0 Å². The van der Waals surface area contributed by atoms with Crippen LogP contribution in [0.3, 0.4) is 0 Å². The van der Waals surface area contributed by atoms with E-state index in [9.17, 15) is 9.59 Å².